The summed E-state index contributed by atoms with van der Waals surface area (Å²) in [6.45, 7) is 0.349. The maximum atomic E-state index is 10.6. The number of hydrogen-bond acceptors (Lipinski definition) is 6. The second-order valence-corrected chi connectivity index (χ2v) is 5.34. The number of carbonyl (C=O) groups is 1. The molecule has 1 atom stereocenters. The van der Waals surface area contributed by atoms with Crippen LogP contribution < -0.4 is 0 Å². The van der Waals surface area contributed by atoms with Gasteiger partial charge in [0.2, 0.25) is 0 Å². The van der Waals surface area contributed by atoms with Crippen LogP contribution in [0.15, 0.2) is 0 Å². The van der Waals surface area contributed by atoms with Crippen LogP contribution in [-0.2, 0) is 23.9 Å². The summed E-state index contributed by atoms with van der Waals surface area (Å²) < 4.78 is 41.5. The van der Waals surface area contributed by atoms with Crippen LogP contribution in [0.2, 0.25) is 0 Å². The molecular formula is C3H7O9PS. The molecule has 9 nitrogen and oxygen atoms in total. The molecule has 11 heteroatoms. The zero-order valence-electron chi connectivity index (χ0n) is 6.69. The Balaban J connectivity index is 4.98. The summed E-state index contributed by atoms with van der Waals surface area (Å²) in [4.78, 5) is 27.4. The van der Waals surface area contributed by atoms with Crippen LogP contribution >= 0.6 is 7.60 Å². The van der Waals surface area contributed by atoms with E-state index in [2.05, 4.69) is 4.18 Å². The quantitative estimate of drug-likeness (QED) is 0.335. The Bertz CT molecular complexity index is 373. The predicted octanol–water partition coefficient (Wildman–Crippen LogP) is -1.78. The van der Waals surface area contributed by atoms with Crippen molar-refractivity contribution in [2.24, 2.45) is 0 Å². The first-order chi connectivity index (χ1) is 5.88. The van der Waals surface area contributed by atoms with Gasteiger partial charge in [0, 0.05) is 0 Å². The van der Waals surface area contributed by atoms with E-state index < -0.39 is 29.3 Å². The van der Waals surface area contributed by atoms with Crippen LogP contribution in [0.5, 0.6) is 0 Å². The van der Waals surface area contributed by atoms with E-state index in [9.17, 15) is 17.8 Å². The molecule has 0 aliphatic rings. The van der Waals surface area contributed by atoms with Crippen LogP contribution in [0.3, 0.4) is 0 Å². The van der Waals surface area contributed by atoms with Crippen molar-refractivity contribution in [3.05, 3.63) is 0 Å². The minimum absolute atomic E-state index is 0.349. The molecule has 0 spiro atoms. The van der Waals surface area contributed by atoms with Crippen molar-refractivity contribution in [3.8, 4) is 0 Å². The number of rotatable bonds is 3. The summed E-state index contributed by atoms with van der Waals surface area (Å²) >= 11 is 0. The lowest BCUT2D eigenvalue weighted by Gasteiger charge is -2.20. The van der Waals surface area contributed by atoms with Crippen LogP contribution in [0.25, 0.3) is 0 Å². The van der Waals surface area contributed by atoms with E-state index in [1.54, 1.807) is 0 Å². The molecule has 0 aromatic rings. The summed E-state index contributed by atoms with van der Waals surface area (Å²) in [5.74, 6) is -2.17. The lowest BCUT2D eigenvalue weighted by Crippen LogP contribution is -2.37. The summed E-state index contributed by atoms with van der Waals surface area (Å²) in [6.07, 6.45) is 0. The number of hydrogen-bond donors (Lipinski definition) is 4. The minimum Gasteiger partial charge on any atom is -0.368 e. The molecular weight excluding hydrogens is 243 g/mol. The van der Waals surface area contributed by atoms with E-state index in [0.29, 0.717) is 6.92 Å². The van der Waals surface area contributed by atoms with Gasteiger partial charge in [-0.25, -0.2) is 4.79 Å². The first-order valence-electron chi connectivity index (χ1n) is 2.87. The summed E-state index contributed by atoms with van der Waals surface area (Å²) in [6, 6.07) is 0. The van der Waals surface area contributed by atoms with Crippen LogP contribution in [-0.4, -0.2) is 39.2 Å². The number of carbonyl (C=O) groups excluding carboxylic acids is 1. The normalized spacial score (nSPS) is 17.2. The third kappa shape index (κ3) is 3.33. The molecule has 84 valence electrons. The molecule has 0 aliphatic carbocycles. The highest BCUT2D eigenvalue weighted by atomic mass is 32.3. The third-order valence-electron chi connectivity index (χ3n) is 1.13. The van der Waals surface area contributed by atoms with Gasteiger partial charge in [-0.2, -0.15) is 8.42 Å². The molecule has 0 saturated carbocycles. The van der Waals surface area contributed by atoms with Gasteiger partial charge in [0.1, 0.15) is 0 Å². The second-order valence-electron chi connectivity index (χ2n) is 2.36. The fourth-order valence-corrected chi connectivity index (χ4v) is 0.992. The molecule has 0 radical (unpaired) electrons. The maximum Gasteiger partial charge on any atom is 0.449 e. The van der Waals surface area contributed by atoms with Gasteiger partial charge in [-0.3, -0.25) is 9.12 Å². The molecule has 0 bridgehead atoms. The van der Waals surface area contributed by atoms with Gasteiger partial charge in [-0.05, 0) is 6.92 Å². The molecule has 0 amide bonds. The van der Waals surface area contributed by atoms with Crippen molar-refractivity contribution >= 4 is 24.0 Å². The van der Waals surface area contributed by atoms with Crippen molar-refractivity contribution in [2.45, 2.75) is 12.3 Å². The smallest absolute Gasteiger partial charge is 0.368 e. The molecule has 4 N–H and O–H groups in total. The van der Waals surface area contributed by atoms with Gasteiger partial charge < -0.3 is 19.1 Å². The zero-order valence-corrected chi connectivity index (χ0v) is 8.40. The first kappa shape index (κ1) is 13.5. The SMILES string of the molecule is CC(O)(C(=O)OS(=O)(=O)O)P(=O)(O)O. The molecule has 0 saturated heterocycles. The summed E-state index contributed by atoms with van der Waals surface area (Å²) in [5, 5.41) is 5.54. The average molecular weight is 250 g/mol. The highest BCUT2D eigenvalue weighted by Crippen LogP contribution is 2.49. The number of aliphatic hydroxyl groups is 1. The zero-order chi connectivity index (χ0) is 11.8. The first-order valence-corrected chi connectivity index (χ1v) is 5.85. The van der Waals surface area contributed by atoms with Crippen LogP contribution in [0, 0.1) is 0 Å². The Kier molecular flexibility index (Phi) is 3.44. The van der Waals surface area contributed by atoms with Gasteiger partial charge >= 0.3 is 24.0 Å². The lowest BCUT2D eigenvalue weighted by molar-refractivity contribution is -0.147. The molecule has 14 heavy (non-hydrogen) atoms. The Labute approximate surface area is 78.4 Å². The Morgan fingerprint density at radius 3 is 2.00 bits per heavy atom. The van der Waals surface area contributed by atoms with Crippen molar-refractivity contribution < 1.29 is 41.4 Å². The molecule has 0 aliphatic heterocycles. The molecule has 1 unspecified atom stereocenters. The molecule has 0 rings (SSSR count). The topological polar surface area (TPSA) is 158 Å². The Morgan fingerprint density at radius 2 is 1.79 bits per heavy atom. The van der Waals surface area contributed by atoms with E-state index in [1.807, 2.05) is 0 Å². The van der Waals surface area contributed by atoms with E-state index >= 15 is 0 Å². The Morgan fingerprint density at radius 1 is 1.43 bits per heavy atom. The van der Waals surface area contributed by atoms with Crippen molar-refractivity contribution in [1.29, 1.82) is 0 Å². The van der Waals surface area contributed by atoms with Gasteiger partial charge in [-0.1, -0.05) is 0 Å². The van der Waals surface area contributed by atoms with Crippen LogP contribution in [0.1, 0.15) is 6.92 Å². The molecule has 0 aromatic heterocycles. The van der Waals surface area contributed by atoms with Gasteiger partial charge in [-0.15, -0.1) is 0 Å². The van der Waals surface area contributed by atoms with Crippen LogP contribution in [0.4, 0.5) is 0 Å². The highest BCUT2D eigenvalue weighted by molar-refractivity contribution is 7.81. The standard InChI is InChI=1S/C3H7O9PS/c1-3(5,13(6,7)8)2(4)12-14(9,10)11/h5H,1H3,(H2,6,7,8)(H,9,10,11). The van der Waals surface area contributed by atoms with Gasteiger partial charge in [0.05, 0.1) is 0 Å². The summed E-state index contributed by atoms with van der Waals surface area (Å²) in [7, 11) is -10.5. The van der Waals surface area contributed by atoms with E-state index in [0.717, 1.165) is 0 Å². The predicted molar refractivity (Wildman–Crippen MR) is 40.3 cm³/mol. The van der Waals surface area contributed by atoms with Gasteiger partial charge in [0.25, 0.3) is 5.34 Å². The maximum absolute atomic E-state index is 10.6. The van der Waals surface area contributed by atoms with Crippen molar-refractivity contribution in [1.82, 2.24) is 0 Å². The molecule has 0 aromatic carbocycles. The third-order valence-corrected chi connectivity index (χ3v) is 2.81. The monoisotopic (exact) mass is 250 g/mol. The minimum atomic E-state index is -5.31. The second kappa shape index (κ2) is 3.57. The Hall–Kier alpha value is -0.510. The van der Waals surface area contributed by atoms with Gasteiger partial charge in [0.15, 0.2) is 0 Å². The van der Waals surface area contributed by atoms with Crippen molar-refractivity contribution in [2.75, 3.05) is 0 Å². The average Bonchev–Trinajstić information content (AvgIpc) is 1.80. The van der Waals surface area contributed by atoms with E-state index in [-0.39, 0.29) is 0 Å². The highest BCUT2D eigenvalue weighted by Gasteiger charge is 2.50. The lowest BCUT2D eigenvalue weighted by atomic mass is 10.4. The molecule has 0 heterocycles. The fraction of sp³-hybridized carbons (Fsp3) is 0.667. The van der Waals surface area contributed by atoms with Crippen molar-refractivity contribution in [3.63, 3.8) is 0 Å². The summed E-state index contributed by atoms with van der Waals surface area (Å²) in [5.41, 5.74) is 0. The largest absolute Gasteiger partial charge is 0.449 e. The van der Waals surface area contributed by atoms with E-state index in [1.165, 1.54) is 0 Å². The molecule has 0 fully saturated rings. The van der Waals surface area contributed by atoms with E-state index in [4.69, 9.17) is 19.4 Å². The fourth-order valence-electron chi connectivity index (χ4n) is 0.293.